The molecule has 35 heavy (non-hydrogen) atoms. The van der Waals surface area contributed by atoms with Crippen LogP contribution in [0.3, 0.4) is 0 Å². The van der Waals surface area contributed by atoms with Gasteiger partial charge in [-0.05, 0) is 43.2 Å². The first kappa shape index (κ1) is 25.0. The molecule has 6 nitrogen and oxygen atoms in total. The number of alkyl halides is 4. The topological polar surface area (TPSA) is 86.8 Å². The van der Waals surface area contributed by atoms with Crippen LogP contribution in [0.5, 0.6) is 0 Å². The van der Waals surface area contributed by atoms with E-state index in [-0.39, 0.29) is 42.0 Å². The summed E-state index contributed by atoms with van der Waals surface area (Å²) in [4.78, 5) is 20.7. The number of hydrogen-bond donors (Lipinski definition) is 1. The van der Waals surface area contributed by atoms with Crippen LogP contribution in [0.2, 0.25) is 0 Å². The maximum Gasteiger partial charge on any atom is 0.417 e. The molecule has 1 fully saturated rings. The fourth-order valence-electron chi connectivity index (χ4n) is 4.74. The number of hydrogen-bond acceptors (Lipinski definition) is 6. The summed E-state index contributed by atoms with van der Waals surface area (Å²) in [6.45, 7) is 2.18. The van der Waals surface area contributed by atoms with Crippen molar-refractivity contribution in [2.45, 2.75) is 50.6 Å². The van der Waals surface area contributed by atoms with Gasteiger partial charge >= 0.3 is 6.18 Å². The molecule has 1 saturated heterocycles. The lowest BCUT2D eigenvalue weighted by atomic mass is 9.73. The van der Waals surface area contributed by atoms with Crippen LogP contribution in [0.4, 0.5) is 22.0 Å². The third-order valence-corrected chi connectivity index (χ3v) is 6.50. The number of nitrogens with zero attached hydrogens (tertiary/aromatic N) is 2. The molecule has 0 unspecified atom stereocenters. The Bertz CT molecular complexity index is 1170. The minimum absolute atomic E-state index is 0.0607. The van der Waals surface area contributed by atoms with Crippen molar-refractivity contribution in [3.8, 4) is 0 Å². The van der Waals surface area contributed by atoms with Gasteiger partial charge in [0.15, 0.2) is 5.78 Å². The zero-order valence-corrected chi connectivity index (χ0v) is 19.0. The smallest absolute Gasteiger partial charge is 0.417 e. The summed E-state index contributed by atoms with van der Waals surface area (Å²) in [5.74, 6) is -1.96. The fraction of sp³-hybridized carbons (Fsp3) is 0.458. The van der Waals surface area contributed by atoms with E-state index in [0.717, 1.165) is 12.1 Å². The number of aryl methyl sites for hydroxylation is 1. The Kier molecular flexibility index (Phi) is 6.56. The fourth-order valence-corrected chi connectivity index (χ4v) is 4.74. The van der Waals surface area contributed by atoms with E-state index >= 15 is 4.39 Å². The molecule has 1 aromatic heterocycles. The molecule has 0 amide bonds. The van der Waals surface area contributed by atoms with Crippen molar-refractivity contribution < 1.29 is 36.2 Å². The molecule has 4 rings (SSSR count). The van der Waals surface area contributed by atoms with Crippen LogP contribution in [-0.4, -0.2) is 42.3 Å². The highest BCUT2D eigenvalue weighted by Crippen LogP contribution is 2.45. The van der Waals surface area contributed by atoms with Gasteiger partial charge in [-0.1, -0.05) is 6.07 Å². The van der Waals surface area contributed by atoms with Crippen LogP contribution < -0.4 is 5.73 Å². The number of pyridine rings is 1. The number of carbonyl (C=O) groups excluding carboxylic acids is 1. The third-order valence-electron chi connectivity index (χ3n) is 6.50. The van der Waals surface area contributed by atoms with E-state index < -0.39 is 47.6 Å². The van der Waals surface area contributed by atoms with Gasteiger partial charge in [0.1, 0.15) is 29.8 Å². The molecule has 0 bridgehead atoms. The molecule has 1 aromatic carbocycles. The molecule has 2 aliphatic heterocycles. The molecule has 0 radical (unpaired) electrons. The quantitative estimate of drug-likeness (QED) is 0.493. The van der Waals surface area contributed by atoms with Crippen LogP contribution in [0.15, 0.2) is 35.5 Å². The standard InChI is InChI=1S/C24H24F5N3O3/c1-12-5-15(24(27,28)29)9-31-21(12)19(33)8-14-3-4-18(26)16(7-14)23(11-25)17-10-34-13(2)6-20(17)35-22(30)32-23/h3-5,7,9,13,17,20H,6,8,10-11H2,1-2H3,(H2,30,32)/t13-,17+,20-,23-/m1/s1. The van der Waals surface area contributed by atoms with E-state index in [9.17, 15) is 22.4 Å². The van der Waals surface area contributed by atoms with E-state index in [1.807, 2.05) is 6.92 Å². The Morgan fingerprint density at radius 3 is 2.69 bits per heavy atom. The molecule has 3 heterocycles. The SMILES string of the molecule is Cc1cc(C(F)(F)F)cnc1C(=O)Cc1ccc(F)c([C@@]2(CF)N=C(N)O[C@@H]3C[C@@H](C)OC[C@@H]32)c1. The zero-order chi connectivity index (χ0) is 25.5. The molecule has 2 aliphatic rings. The van der Waals surface area contributed by atoms with Gasteiger partial charge in [-0.3, -0.25) is 9.78 Å². The van der Waals surface area contributed by atoms with Gasteiger partial charge in [0.05, 0.1) is 24.2 Å². The number of aromatic nitrogens is 1. The zero-order valence-electron chi connectivity index (χ0n) is 19.0. The second kappa shape index (κ2) is 9.18. The number of amidine groups is 1. The van der Waals surface area contributed by atoms with Gasteiger partial charge in [0.25, 0.3) is 6.02 Å². The number of aliphatic imine (C=N–C) groups is 1. The summed E-state index contributed by atoms with van der Waals surface area (Å²) >= 11 is 0. The second-order valence-electron chi connectivity index (χ2n) is 8.95. The van der Waals surface area contributed by atoms with Crippen LogP contribution in [0.25, 0.3) is 0 Å². The van der Waals surface area contributed by atoms with Crippen molar-refractivity contribution in [1.82, 2.24) is 4.98 Å². The minimum atomic E-state index is -4.59. The van der Waals surface area contributed by atoms with Crippen molar-refractivity contribution >= 4 is 11.8 Å². The predicted molar refractivity (Wildman–Crippen MR) is 116 cm³/mol. The molecule has 0 saturated carbocycles. The lowest BCUT2D eigenvalue weighted by Crippen LogP contribution is -2.55. The van der Waals surface area contributed by atoms with E-state index in [4.69, 9.17) is 15.2 Å². The largest absolute Gasteiger partial charge is 0.462 e. The molecule has 0 aliphatic carbocycles. The average molecular weight is 497 g/mol. The Hall–Kier alpha value is -3.08. The highest BCUT2D eigenvalue weighted by molar-refractivity contribution is 5.97. The first-order valence-corrected chi connectivity index (χ1v) is 11.0. The van der Waals surface area contributed by atoms with Crippen molar-refractivity contribution in [2.24, 2.45) is 16.6 Å². The van der Waals surface area contributed by atoms with Crippen molar-refractivity contribution in [3.05, 3.63) is 64.2 Å². The number of benzene rings is 1. The van der Waals surface area contributed by atoms with Crippen molar-refractivity contribution in [1.29, 1.82) is 0 Å². The molecular formula is C24H24F5N3O3. The van der Waals surface area contributed by atoms with Crippen molar-refractivity contribution in [2.75, 3.05) is 13.3 Å². The Morgan fingerprint density at radius 1 is 1.29 bits per heavy atom. The van der Waals surface area contributed by atoms with Crippen LogP contribution in [0, 0.1) is 18.7 Å². The monoisotopic (exact) mass is 497 g/mol. The van der Waals surface area contributed by atoms with Gasteiger partial charge in [-0.15, -0.1) is 0 Å². The molecular weight excluding hydrogens is 473 g/mol. The summed E-state index contributed by atoms with van der Waals surface area (Å²) in [6.07, 6.45) is -4.55. The Labute approximate surface area is 198 Å². The second-order valence-corrected chi connectivity index (χ2v) is 8.95. The highest BCUT2D eigenvalue weighted by atomic mass is 19.4. The summed E-state index contributed by atoms with van der Waals surface area (Å²) in [6, 6.07) is 4.38. The van der Waals surface area contributed by atoms with E-state index in [1.54, 1.807) is 0 Å². The molecule has 188 valence electrons. The third kappa shape index (κ3) is 4.73. The van der Waals surface area contributed by atoms with Crippen molar-refractivity contribution in [3.63, 3.8) is 0 Å². The maximum atomic E-state index is 15.1. The van der Waals surface area contributed by atoms with Gasteiger partial charge in [-0.25, -0.2) is 13.8 Å². The molecule has 2 aromatic rings. The molecule has 2 N–H and O–H groups in total. The lowest BCUT2D eigenvalue weighted by Gasteiger charge is -2.46. The lowest BCUT2D eigenvalue weighted by molar-refractivity contribution is -0.137. The average Bonchev–Trinajstić information content (AvgIpc) is 2.78. The van der Waals surface area contributed by atoms with Crippen LogP contribution >= 0.6 is 0 Å². The number of ether oxygens (including phenoxy) is 2. The van der Waals surface area contributed by atoms with E-state index in [0.29, 0.717) is 18.2 Å². The minimum Gasteiger partial charge on any atom is -0.462 e. The summed E-state index contributed by atoms with van der Waals surface area (Å²) < 4.78 is 79.8. The number of carbonyl (C=O) groups is 1. The van der Waals surface area contributed by atoms with Gasteiger partial charge in [-0.2, -0.15) is 13.2 Å². The summed E-state index contributed by atoms with van der Waals surface area (Å²) in [5.41, 5.74) is 3.32. The van der Waals surface area contributed by atoms with E-state index in [2.05, 4.69) is 9.98 Å². The first-order valence-electron chi connectivity index (χ1n) is 11.0. The number of fused-ring (bicyclic) bond motifs is 1. The Morgan fingerprint density at radius 2 is 2.03 bits per heavy atom. The van der Waals surface area contributed by atoms with Gasteiger partial charge < -0.3 is 15.2 Å². The van der Waals surface area contributed by atoms with Crippen LogP contribution in [-0.2, 0) is 27.6 Å². The summed E-state index contributed by atoms with van der Waals surface area (Å²) in [7, 11) is 0. The predicted octanol–water partition coefficient (Wildman–Crippen LogP) is 4.28. The van der Waals surface area contributed by atoms with E-state index in [1.165, 1.54) is 19.1 Å². The summed E-state index contributed by atoms with van der Waals surface area (Å²) in [5, 5.41) is 0. The number of halogens is 5. The highest BCUT2D eigenvalue weighted by Gasteiger charge is 2.52. The Balaban J connectivity index is 1.67. The number of nitrogens with two attached hydrogens (primary N) is 1. The molecule has 4 atom stereocenters. The van der Waals surface area contributed by atoms with Crippen LogP contribution in [0.1, 0.15) is 46.1 Å². The number of rotatable bonds is 5. The normalized spacial score (nSPS) is 26.5. The molecule has 11 heteroatoms. The number of Topliss-reactive ketones (excluding diaryl/α,β-unsaturated/α-hetero) is 1. The maximum absolute atomic E-state index is 15.1. The van der Waals surface area contributed by atoms with Gasteiger partial charge in [0.2, 0.25) is 0 Å². The van der Waals surface area contributed by atoms with Gasteiger partial charge in [0, 0.05) is 24.6 Å². The molecule has 0 spiro atoms. The first-order chi connectivity index (χ1) is 16.4. The number of ketones is 1.